The molecule has 0 radical (unpaired) electrons. The molecule has 116 valence electrons. The quantitative estimate of drug-likeness (QED) is 0.423. The van der Waals surface area contributed by atoms with Gasteiger partial charge in [0.15, 0.2) is 18.9 Å². The molecule has 0 aromatic carbocycles. The highest BCUT2D eigenvalue weighted by Crippen LogP contribution is 2.35. The normalized spacial score (nSPS) is 39.5. The molecule has 1 fully saturated rings. The van der Waals surface area contributed by atoms with Crippen molar-refractivity contribution in [2.75, 3.05) is 6.61 Å². The van der Waals surface area contributed by atoms with Gasteiger partial charge in [0.1, 0.15) is 30.5 Å². The van der Waals surface area contributed by atoms with E-state index in [0.717, 1.165) is 0 Å². The van der Waals surface area contributed by atoms with Crippen LogP contribution in [0.5, 0.6) is 0 Å². The first-order chi connectivity index (χ1) is 10.1. The lowest BCUT2D eigenvalue weighted by molar-refractivity contribution is -0.205. The number of nitrogens with zero attached hydrogens (tertiary/aromatic N) is 4. The fourth-order valence-corrected chi connectivity index (χ4v) is 3.08. The Bertz CT molecular complexity index is 486. The van der Waals surface area contributed by atoms with Gasteiger partial charge in [-0.05, 0) is 0 Å². The van der Waals surface area contributed by atoms with E-state index in [4.69, 9.17) is 25.0 Å². The molecule has 0 saturated carbocycles. The number of nitrogens with two attached hydrogens (primary N) is 1. The van der Waals surface area contributed by atoms with Crippen molar-refractivity contribution in [1.29, 1.82) is 0 Å². The van der Waals surface area contributed by atoms with Gasteiger partial charge >= 0.3 is 0 Å². The number of hydrogen-bond acceptors (Lipinski definition) is 9. The molecule has 6 atom stereocenters. The van der Waals surface area contributed by atoms with Crippen molar-refractivity contribution in [2.45, 2.75) is 37.1 Å². The lowest BCUT2D eigenvalue weighted by Crippen LogP contribution is -2.47. The maximum absolute atomic E-state index is 10.8. The maximum Gasteiger partial charge on any atom is 0.173 e. The van der Waals surface area contributed by atoms with Gasteiger partial charge in [-0.25, -0.2) is 9.98 Å². The Labute approximate surface area is 121 Å². The predicted octanol–water partition coefficient (Wildman–Crippen LogP) is -2.77. The standard InChI is InChI=1S/C10H15N5O5P/c11-9-8-10(13-3-12-9)15(4-14-8)7-1-5(20-21(17)18)6(2-16)19-7/h3-8,10,16-17H,1-2H2,(H2,11,12,13)/q-1/p+1. The highest BCUT2D eigenvalue weighted by Gasteiger charge is 2.45. The van der Waals surface area contributed by atoms with Crippen molar-refractivity contribution in [3.63, 3.8) is 0 Å². The summed E-state index contributed by atoms with van der Waals surface area (Å²) >= 11 is 0. The van der Waals surface area contributed by atoms with E-state index < -0.39 is 27.0 Å². The number of rotatable bonds is 4. The molecular formula is C10H16N5O5P. The van der Waals surface area contributed by atoms with Crippen molar-refractivity contribution in [3.05, 3.63) is 0 Å². The summed E-state index contributed by atoms with van der Waals surface area (Å²) < 4.78 is 10.6. The number of fused-ring (bicyclic) bond motifs is 1. The fourth-order valence-electron chi connectivity index (χ4n) is 2.63. The lowest BCUT2D eigenvalue weighted by Gasteiger charge is -2.30. The summed E-state index contributed by atoms with van der Waals surface area (Å²) in [5.41, 5.74) is 5.78. The average Bonchev–Trinajstić information content (AvgIpc) is 3.02. The molecule has 3 aliphatic rings. The molecule has 0 bridgehead atoms. The summed E-state index contributed by atoms with van der Waals surface area (Å²) in [7, 11) is -2.73. The third-order valence-corrected chi connectivity index (χ3v) is 4.07. The van der Waals surface area contributed by atoms with Gasteiger partial charge in [-0.3, -0.25) is 4.99 Å². The zero-order valence-electron chi connectivity index (χ0n) is 10.9. The van der Waals surface area contributed by atoms with E-state index >= 15 is 0 Å². The second kappa shape index (κ2) is 5.91. The largest absolute Gasteiger partial charge is 0.786 e. The fraction of sp³-hybridized carbons (Fsp3) is 0.700. The van der Waals surface area contributed by atoms with Crippen LogP contribution in [0.3, 0.4) is 0 Å². The SMILES string of the molecule is NC1=NC=NC2C1N=CN2C1CC(OP([O-])O)C(C[OH2+])O1. The Morgan fingerprint density at radius 3 is 3.14 bits per heavy atom. The highest BCUT2D eigenvalue weighted by molar-refractivity contribution is 7.37. The second-order valence-corrected chi connectivity index (χ2v) is 5.53. The van der Waals surface area contributed by atoms with E-state index in [1.807, 2.05) is 0 Å². The van der Waals surface area contributed by atoms with Crippen LogP contribution in [0.25, 0.3) is 0 Å². The van der Waals surface area contributed by atoms with Crippen LogP contribution in [0.2, 0.25) is 0 Å². The highest BCUT2D eigenvalue weighted by atomic mass is 31.2. The lowest BCUT2D eigenvalue weighted by atomic mass is 10.1. The summed E-state index contributed by atoms with van der Waals surface area (Å²) in [6, 6.07) is -0.345. The summed E-state index contributed by atoms with van der Waals surface area (Å²) in [6.07, 6.45) is 1.40. The molecule has 21 heavy (non-hydrogen) atoms. The van der Waals surface area contributed by atoms with E-state index in [1.165, 1.54) is 6.34 Å². The summed E-state index contributed by atoms with van der Waals surface area (Å²) in [5.74, 6) is 0.384. The van der Waals surface area contributed by atoms with Gasteiger partial charge in [0.2, 0.25) is 0 Å². The molecule has 1 saturated heterocycles. The van der Waals surface area contributed by atoms with Crippen molar-refractivity contribution in [2.24, 2.45) is 20.7 Å². The molecule has 3 rings (SSSR count). The topological polar surface area (TPSA) is 151 Å². The minimum atomic E-state index is -2.73. The third kappa shape index (κ3) is 2.78. The van der Waals surface area contributed by atoms with Crippen LogP contribution in [-0.2, 0) is 9.26 Å². The van der Waals surface area contributed by atoms with Gasteiger partial charge in [0.05, 0.1) is 14.9 Å². The van der Waals surface area contributed by atoms with E-state index in [-0.39, 0.29) is 18.8 Å². The zero-order chi connectivity index (χ0) is 15.0. The molecule has 0 aliphatic carbocycles. The van der Waals surface area contributed by atoms with Crippen LogP contribution in [0.4, 0.5) is 0 Å². The summed E-state index contributed by atoms with van der Waals surface area (Å²) in [4.78, 5) is 33.9. The van der Waals surface area contributed by atoms with Crippen LogP contribution in [-0.4, -0.2) is 70.7 Å². The first-order valence-corrected chi connectivity index (χ1v) is 7.51. The van der Waals surface area contributed by atoms with Gasteiger partial charge in [0, 0.05) is 6.42 Å². The van der Waals surface area contributed by atoms with Crippen LogP contribution in [0.1, 0.15) is 6.42 Å². The zero-order valence-corrected chi connectivity index (χ0v) is 11.8. The van der Waals surface area contributed by atoms with Crippen LogP contribution >= 0.6 is 8.60 Å². The minimum Gasteiger partial charge on any atom is -0.786 e. The van der Waals surface area contributed by atoms with Gasteiger partial charge < -0.3 is 34.8 Å². The molecule has 11 heteroatoms. The monoisotopic (exact) mass is 317 g/mol. The van der Waals surface area contributed by atoms with E-state index in [1.54, 1.807) is 11.2 Å². The van der Waals surface area contributed by atoms with Crippen LogP contribution < -0.4 is 10.6 Å². The third-order valence-electron chi connectivity index (χ3n) is 3.62. The summed E-state index contributed by atoms with van der Waals surface area (Å²) in [5, 5.41) is 7.45. The van der Waals surface area contributed by atoms with Crippen molar-refractivity contribution < 1.29 is 24.2 Å². The number of amidine groups is 1. The average molecular weight is 317 g/mol. The Morgan fingerprint density at radius 2 is 2.43 bits per heavy atom. The molecule has 0 aromatic heterocycles. The number of aliphatic imine (C=N–C) groups is 3. The van der Waals surface area contributed by atoms with Crippen LogP contribution in [0.15, 0.2) is 15.0 Å². The minimum absolute atomic E-state index is 0.0592. The molecular weight excluding hydrogens is 301 g/mol. The molecule has 3 heterocycles. The Hall–Kier alpha value is -1.16. The van der Waals surface area contributed by atoms with Crippen LogP contribution in [0, 0.1) is 0 Å². The van der Waals surface area contributed by atoms with Gasteiger partial charge in [-0.15, -0.1) is 0 Å². The molecule has 5 N–H and O–H groups in total. The molecule has 0 spiro atoms. The van der Waals surface area contributed by atoms with Gasteiger partial charge in [-0.1, -0.05) is 0 Å². The Morgan fingerprint density at radius 1 is 1.62 bits per heavy atom. The first-order valence-electron chi connectivity index (χ1n) is 6.38. The Kier molecular flexibility index (Phi) is 4.16. The van der Waals surface area contributed by atoms with E-state index in [9.17, 15) is 4.89 Å². The molecule has 6 unspecified atom stereocenters. The predicted molar refractivity (Wildman–Crippen MR) is 73.8 cm³/mol. The number of ether oxygens (including phenoxy) is 1. The molecule has 0 aromatic rings. The maximum atomic E-state index is 10.8. The first kappa shape index (κ1) is 14.8. The van der Waals surface area contributed by atoms with Gasteiger partial charge in [0.25, 0.3) is 0 Å². The summed E-state index contributed by atoms with van der Waals surface area (Å²) in [6.45, 7) is -0.0592. The molecule has 0 amide bonds. The van der Waals surface area contributed by atoms with Gasteiger partial charge in [-0.2, -0.15) is 0 Å². The van der Waals surface area contributed by atoms with E-state index in [2.05, 4.69) is 15.0 Å². The van der Waals surface area contributed by atoms with Crippen molar-refractivity contribution in [1.82, 2.24) is 4.90 Å². The second-order valence-electron chi connectivity index (χ2n) is 4.84. The number of hydrogen-bond donors (Lipinski definition) is 2. The van der Waals surface area contributed by atoms with E-state index in [0.29, 0.717) is 12.3 Å². The van der Waals surface area contributed by atoms with Crippen molar-refractivity contribution in [3.8, 4) is 0 Å². The molecule has 3 aliphatic heterocycles. The smallest absolute Gasteiger partial charge is 0.173 e. The Balaban J connectivity index is 1.70. The van der Waals surface area contributed by atoms with Crippen molar-refractivity contribution >= 4 is 27.1 Å². The molecule has 10 nitrogen and oxygen atoms in total.